The molecule has 0 bridgehead atoms. The summed E-state index contributed by atoms with van der Waals surface area (Å²) in [7, 11) is 3.23. The predicted molar refractivity (Wildman–Crippen MR) is 76.6 cm³/mol. The molecule has 0 saturated heterocycles. The summed E-state index contributed by atoms with van der Waals surface area (Å²) in [5.74, 6) is 1.68. The number of ether oxygens (including phenoxy) is 2. The van der Waals surface area contributed by atoms with Gasteiger partial charge < -0.3 is 14.6 Å². The first kappa shape index (κ1) is 13.0. The summed E-state index contributed by atoms with van der Waals surface area (Å²) >= 11 is 0. The highest BCUT2D eigenvalue weighted by Crippen LogP contribution is 2.28. The van der Waals surface area contributed by atoms with E-state index in [1.807, 2.05) is 42.5 Å². The van der Waals surface area contributed by atoms with Gasteiger partial charge in [0.05, 0.1) is 14.2 Å². The van der Waals surface area contributed by atoms with E-state index in [-0.39, 0.29) is 5.75 Å². The van der Waals surface area contributed by atoms with Gasteiger partial charge in [-0.05, 0) is 35.4 Å². The van der Waals surface area contributed by atoms with Gasteiger partial charge in [-0.15, -0.1) is 0 Å². The molecule has 0 atom stereocenters. The Hall–Kier alpha value is -2.42. The number of hydrogen-bond acceptors (Lipinski definition) is 3. The lowest BCUT2D eigenvalue weighted by Gasteiger charge is -2.07. The van der Waals surface area contributed by atoms with Crippen molar-refractivity contribution in [2.24, 2.45) is 0 Å². The normalized spacial score (nSPS) is 10.6. The quantitative estimate of drug-likeness (QED) is 0.850. The fourth-order valence-corrected chi connectivity index (χ4v) is 1.73. The minimum Gasteiger partial charge on any atom is -0.508 e. The average molecular weight is 256 g/mol. The minimum absolute atomic E-state index is 0.267. The second-order valence-corrected chi connectivity index (χ2v) is 4.04. The van der Waals surface area contributed by atoms with E-state index < -0.39 is 0 Å². The molecule has 0 aliphatic heterocycles. The largest absolute Gasteiger partial charge is 0.508 e. The highest BCUT2D eigenvalue weighted by Gasteiger charge is 2.02. The fourth-order valence-electron chi connectivity index (χ4n) is 1.73. The van der Waals surface area contributed by atoms with Crippen LogP contribution in [0.5, 0.6) is 17.2 Å². The number of benzene rings is 2. The molecule has 1 N–H and O–H groups in total. The topological polar surface area (TPSA) is 38.7 Å². The third-order valence-electron chi connectivity index (χ3n) is 2.77. The van der Waals surface area contributed by atoms with E-state index in [0.29, 0.717) is 11.5 Å². The van der Waals surface area contributed by atoms with Crippen LogP contribution in [-0.2, 0) is 0 Å². The van der Waals surface area contributed by atoms with Gasteiger partial charge in [0.2, 0.25) is 0 Å². The van der Waals surface area contributed by atoms with E-state index >= 15 is 0 Å². The standard InChI is InChI=1S/C16H16O3/c1-18-15-10-7-13(11-16(15)19-2)4-3-12-5-8-14(17)9-6-12/h3-11,17H,1-2H3. The summed E-state index contributed by atoms with van der Waals surface area (Å²) in [5, 5.41) is 9.21. The van der Waals surface area contributed by atoms with Crippen molar-refractivity contribution >= 4 is 12.2 Å². The molecule has 2 aromatic carbocycles. The maximum Gasteiger partial charge on any atom is 0.161 e. The molecule has 0 spiro atoms. The van der Waals surface area contributed by atoms with E-state index in [1.165, 1.54) is 0 Å². The maximum absolute atomic E-state index is 9.21. The lowest BCUT2D eigenvalue weighted by atomic mass is 10.1. The van der Waals surface area contributed by atoms with Crippen molar-refractivity contribution in [3.63, 3.8) is 0 Å². The Morgan fingerprint density at radius 3 is 2.00 bits per heavy atom. The van der Waals surface area contributed by atoms with Gasteiger partial charge >= 0.3 is 0 Å². The molecule has 0 unspecified atom stereocenters. The van der Waals surface area contributed by atoms with Crippen LogP contribution in [0.2, 0.25) is 0 Å². The van der Waals surface area contributed by atoms with E-state index in [9.17, 15) is 5.11 Å². The Morgan fingerprint density at radius 2 is 1.37 bits per heavy atom. The highest BCUT2D eigenvalue weighted by atomic mass is 16.5. The van der Waals surface area contributed by atoms with Crippen LogP contribution in [0, 0.1) is 0 Å². The highest BCUT2D eigenvalue weighted by molar-refractivity contribution is 5.71. The Labute approximate surface area is 112 Å². The summed E-state index contributed by atoms with van der Waals surface area (Å²) in [4.78, 5) is 0. The molecular weight excluding hydrogens is 240 g/mol. The Balaban J connectivity index is 2.21. The van der Waals surface area contributed by atoms with Crippen LogP contribution in [0.15, 0.2) is 42.5 Å². The molecule has 0 radical (unpaired) electrons. The zero-order valence-electron chi connectivity index (χ0n) is 11.0. The first-order chi connectivity index (χ1) is 9.22. The monoisotopic (exact) mass is 256 g/mol. The lowest BCUT2D eigenvalue weighted by molar-refractivity contribution is 0.355. The van der Waals surface area contributed by atoms with Gasteiger partial charge in [-0.2, -0.15) is 0 Å². The molecule has 0 aliphatic carbocycles. The molecule has 0 heterocycles. The van der Waals surface area contributed by atoms with Crippen LogP contribution in [-0.4, -0.2) is 19.3 Å². The molecule has 2 aromatic rings. The van der Waals surface area contributed by atoms with Crippen molar-refractivity contribution < 1.29 is 14.6 Å². The van der Waals surface area contributed by atoms with Gasteiger partial charge in [-0.1, -0.05) is 30.4 Å². The molecule has 0 amide bonds. The van der Waals surface area contributed by atoms with Crippen molar-refractivity contribution in [3.05, 3.63) is 53.6 Å². The van der Waals surface area contributed by atoms with E-state index in [2.05, 4.69) is 0 Å². The summed E-state index contributed by atoms with van der Waals surface area (Å²) in [6, 6.07) is 12.8. The second kappa shape index (κ2) is 5.96. The van der Waals surface area contributed by atoms with Crippen molar-refractivity contribution in [1.82, 2.24) is 0 Å². The predicted octanol–water partition coefficient (Wildman–Crippen LogP) is 3.58. The average Bonchev–Trinajstić information content (AvgIpc) is 2.46. The maximum atomic E-state index is 9.21. The fraction of sp³-hybridized carbons (Fsp3) is 0.125. The van der Waals surface area contributed by atoms with Gasteiger partial charge in [0.15, 0.2) is 11.5 Å². The molecule has 98 valence electrons. The molecule has 0 fully saturated rings. The van der Waals surface area contributed by atoms with E-state index in [1.54, 1.807) is 26.4 Å². The van der Waals surface area contributed by atoms with Gasteiger partial charge in [0.25, 0.3) is 0 Å². The molecule has 3 nitrogen and oxygen atoms in total. The second-order valence-electron chi connectivity index (χ2n) is 4.04. The summed E-state index contributed by atoms with van der Waals surface area (Å²) in [5.41, 5.74) is 2.04. The number of phenols is 1. The van der Waals surface area contributed by atoms with Crippen LogP contribution < -0.4 is 9.47 Å². The van der Waals surface area contributed by atoms with E-state index in [4.69, 9.17) is 9.47 Å². The van der Waals surface area contributed by atoms with Gasteiger partial charge in [-0.25, -0.2) is 0 Å². The van der Waals surface area contributed by atoms with Crippen LogP contribution in [0.1, 0.15) is 11.1 Å². The zero-order chi connectivity index (χ0) is 13.7. The van der Waals surface area contributed by atoms with Crippen LogP contribution >= 0.6 is 0 Å². The first-order valence-electron chi connectivity index (χ1n) is 5.92. The molecule has 0 aliphatic rings. The third kappa shape index (κ3) is 3.28. The third-order valence-corrected chi connectivity index (χ3v) is 2.77. The van der Waals surface area contributed by atoms with Crippen molar-refractivity contribution in [2.45, 2.75) is 0 Å². The summed E-state index contributed by atoms with van der Waals surface area (Å²) in [6.07, 6.45) is 3.95. The number of methoxy groups -OCH3 is 2. The first-order valence-corrected chi connectivity index (χ1v) is 5.92. The van der Waals surface area contributed by atoms with Gasteiger partial charge in [0.1, 0.15) is 5.75 Å². The van der Waals surface area contributed by atoms with Crippen LogP contribution in [0.25, 0.3) is 12.2 Å². The lowest BCUT2D eigenvalue weighted by Crippen LogP contribution is -1.90. The van der Waals surface area contributed by atoms with Crippen molar-refractivity contribution in [1.29, 1.82) is 0 Å². The van der Waals surface area contributed by atoms with E-state index in [0.717, 1.165) is 11.1 Å². The number of phenolic OH excluding ortho intramolecular Hbond substituents is 1. The SMILES string of the molecule is COc1ccc(C=Cc2ccc(O)cc2)cc1OC. The molecule has 2 rings (SSSR count). The molecule has 19 heavy (non-hydrogen) atoms. The molecule has 0 aromatic heterocycles. The summed E-state index contributed by atoms with van der Waals surface area (Å²) in [6.45, 7) is 0. The van der Waals surface area contributed by atoms with Gasteiger partial charge in [-0.3, -0.25) is 0 Å². The number of aromatic hydroxyl groups is 1. The Bertz CT molecular complexity index is 571. The molecule has 3 heteroatoms. The van der Waals surface area contributed by atoms with Crippen LogP contribution in [0.3, 0.4) is 0 Å². The zero-order valence-corrected chi connectivity index (χ0v) is 11.0. The Kier molecular flexibility index (Phi) is 4.08. The van der Waals surface area contributed by atoms with Crippen molar-refractivity contribution in [2.75, 3.05) is 14.2 Å². The van der Waals surface area contributed by atoms with Crippen LogP contribution in [0.4, 0.5) is 0 Å². The smallest absolute Gasteiger partial charge is 0.161 e. The number of hydrogen-bond donors (Lipinski definition) is 1. The molecular formula is C16H16O3. The van der Waals surface area contributed by atoms with Gasteiger partial charge in [0, 0.05) is 0 Å². The summed E-state index contributed by atoms with van der Waals surface area (Å²) < 4.78 is 10.4. The Morgan fingerprint density at radius 1 is 0.789 bits per heavy atom. The molecule has 0 saturated carbocycles. The van der Waals surface area contributed by atoms with Crippen molar-refractivity contribution in [3.8, 4) is 17.2 Å². The number of rotatable bonds is 4. The minimum atomic E-state index is 0.267.